The molecule has 0 unspecified atom stereocenters. The van der Waals surface area contributed by atoms with E-state index in [2.05, 4.69) is 15.4 Å². The molecule has 2 N–H and O–H groups in total. The van der Waals surface area contributed by atoms with E-state index in [-0.39, 0.29) is 18.3 Å². The molecule has 5 nitrogen and oxygen atoms in total. The SMILES string of the molecule is COC(=O)CCNC(=O)c1ccc2c(c1)CNC2. The fourth-order valence-electron chi connectivity index (χ4n) is 1.92. The largest absolute Gasteiger partial charge is 0.469 e. The highest BCUT2D eigenvalue weighted by atomic mass is 16.5. The maximum absolute atomic E-state index is 11.8. The summed E-state index contributed by atoms with van der Waals surface area (Å²) in [4.78, 5) is 22.7. The van der Waals surface area contributed by atoms with Crippen LogP contribution in [0, 0.1) is 0 Å². The van der Waals surface area contributed by atoms with Crippen LogP contribution < -0.4 is 10.6 Å². The second-order valence-corrected chi connectivity index (χ2v) is 4.17. The van der Waals surface area contributed by atoms with Crippen LogP contribution in [-0.4, -0.2) is 25.5 Å². The Labute approximate surface area is 106 Å². The Morgan fingerprint density at radius 1 is 1.33 bits per heavy atom. The minimum absolute atomic E-state index is 0.159. The Morgan fingerprint density at radius 2 is 2.11 bits per heavy atom. The zero-order valence-electron chi connectivity index (χ0n) is 10.3. The van der Waals surface area contributed by atoms with Gasteiger partial charge >= 0.3 is 5.97 Å². The minimum atomic E-state index is -0.326. The molecule has 0 aliphatic carbocycles. The van der Waals surface area contributed by atoms with E-state index in [4.69, 9.17) is 0 Å². The van der Waals surface area contributed by atoms with Crippen LogP contribution in [0.4, 0.5) is 0 Å². The van der Waals surface area contributed by atoms with Gasteiger partial charge in [-0.05, 0) is 23.3 Å². The van der Waals surface area contributed by atoms with E-state index in [0.29, 0.717) is 12.1 Å². The Hall–Kier alpha value is -1.88. The van der Waals surface area contributed by atoms with Crippen LogP contribution in [0.2, 0.25) is 0 Å². The third kappa shape index (κ3) is 2.87. The van der Waals surface area contributed by atoms with Crippen molar-refractivity contribution in [2.45, 2.75) is 19.5 Å². The molecule has 0 saturated carbocycles. The quantitative estimate of drug-likeness (QED) is 0.765. The number of hydrogen-bond acceptors (Lipinski definition) is 4. The maximum atomic E-state index is 11.8. The van der Waals surface area contributed by atoms with Gasteiger partial charge in [0.2, 0.25) is 0 Å². The molecule has 5 heteroatoms. The summed E-state index contributed by atoms with van der Waals surface area (Å²) in [7, 11) is 1.33. The number of fused-ring (bicyclic) bond motifs is 1. The summed E-state index contributed by atoms with van der Waals surface area (Å²) in [6.07, 6.45) is 0.189. The van der Waals surface area contributed by atoms with Crippen molar-refractivity contribution in [3.63, 3.8) is 0 Å². The van der Waals surface area contributed by atoms with Gasteiger partial charge in [-0.15, -0.1) is 0 Å². The monoisotopic (exact) mass is 248 g/mol. The van der Waals surface area contributed by atoms with Crippen molar-refractivity contribution in [3.8, 4) is 0 Å². The van der Waals surface area contributed by atoms with E-state index in [9.17, 15) is 9.59 Å². The molecular weight excluding hydrogens is 232 g/mol. The van der Waals surface area contributed by atoms with Crippen molar-refractivity contribution in [2.24, 2.45) is 0 Å². The predicted molar refractivity (Wildman–Crippen MR) is 66.0 cm³/mol. The first kappa shape index (κ1) is 12.6. The zero-order chi connectivity index (χ0) is 13.0. The maximum Gasteiger partial charge on any atom is 0.307 e. The van der Waals surface area contributed by atoms with Crippen LogP contribution in [0.25, 0.3) is 0 Å². The molecule has 0 radical (unpaired) electrons. The van der Waals surface area contributed by atoms with Crippen LogP contribution in [-0.2, 0) is 22.6 Å². The molecule has 0 aromatic heterocycles. The molecule has 18 heavy (non-hydrogen) atoms. The van der Waals surface area contributed by atoms with E-state index in [1.165, 1.54) is 12.7 Å². The van der Waals surface area contributed by atoms with Crippen molar-refractivity contribution in [3.05, 3.63) is 34.9 Å². The molecule has 1 aromatic carbocycles. The lowest BCUT2D eigenvalue weighted by Crippen LogP contribution is -2.26. The number of ether oxygens (including phenoxy) is 1. The molecule has 0 saturated heterocycles. The van der Waals surface area contributed by atoms with Crippen LogP contribution in [0.3, 0.4) is 0 Å². The van der Waals surface area contributed by atoms with Crippen LogP contribution in [0.1, 0.15) is 27.9 Å². The second-order valence-electron chi connectivity index (χ2n) is 4.17. The van der Waals surface area contributed by atoms with Crippen molar-refractivity contribution in [1.82, 2.24) is 10.6 Å². The molecule has 2 rings (SSSR count). The molecular formula is C13H16N2O3. The molecule has 0 atom stereocenters. The number of esters is 1. The first-order valence-corrected chi connectivity index (χ1v) is 5.88. The normalized spacial score (nSPS) is 12.9. The Kier molecular flexibility index (Phi) is 3.94. The van der Waals surface area contributed by atoms with Gasteiger partial charge in [-0.3, -0.25) is 9.59 Å². The first-order valence-electron chi connectivity index (χ1n) is 5.88. The van der Waals surface area contributed by atoms with E-state index < -0.39 is 0 Å². The zero-order valence-corrected chi connectivity index (χ0v) is 10.3. The lowest BCUT2D eigenvalue weighted by molar-refractivity contribution is -0.140. The Morgan fingerprint density at radius 3 is 2.89 bits per heavy atom. The van der Waals surface area contributed by atoms with Gasteiger partial charge in [0.25, 0.3) is 5.91 Å². The van der Waals surface area contributed by atoms with Gasteiger partial charge in [-0.25, -0.2) is 0 Å². The van der Waals surface area contributed by atoms with Gasteiger partial charge in [0.15, 0.2) is 0 Å². The number of nitrogens with one attached hydrogen (secondary N) is 2. The van der Waals surface area contributed by atoms with Gasteiger partial charge in [0, 0.05) is 25.2 Å². The van der Waals surface area contributed by atoms with Gasteiger partial charge in [-0.2, -0.15) is 0 Å². The lowest BCUT2D eigenvalue weighted by Gasteiger charge is -2.06. The third-order valence-electron chi connectivity index (χ3n) is 2.94. The van der Waals surface area contributed by atoms with E-state index >= 15 is 0 Å². The molecule has 1 amide bonds. The summed E-state index contributed by atoms with van der Waals surface area (Å²) in [5, 5.41) is 5.92. The average molecular weight is 248 g/mol. The topological polar surface area (TPSA) is 67.4 Å². The van der Waals surface area contributed by atoms with Gasteiger partial charge in [-0.1, -0.05) is 6.07 Å². The fourth-order valence-corrected chi connectivity index (χ4v) is 1.92. The molecule has 0 fully saturated rings. The van der Waals surface area contributed by atoms with Crippen molar-refractivity contribution in [1.29, 1.82) is 0 Å². The molecule has 1 aliphatic heterocycles. The standard InChI is InChI=1S/C13H16N2O3/c1-18-12(16)4-5-15-13(17)9-2-3-10-7-14-8-11(10)6-9/h2-3,6,14H,4-5,7-8H2,1H3,(H,15,17). The highest BCUT2D eigenvalue weighted by molar-refractivity contribution is 5.94. The smallest absolute Gasteiger partial charge is 0.307 e. The predicted octanol–water partition coefficient (Wildman–Crippen LogP) is 0.583. The van der Waals surface area contributed by atoms with Crippen molar-refractivity contribution < 1.29 is 14.3 Å². The van der Waals surface area contributed by atoms with E-state index in [1.54, 1.807) is 6.07 Å². The number of rotatable bonds is 4. The number of carbonyl (C=O) groups is 2. The number of methoxy groups -OCH3 is 1. The average Bonchev–Trinajstić information content (AvgIpc) is 2.85. The highest BCUT2D eigenvalue weighted by Crippen LogP contribution is 2.16. The van der Waals surface area contributed by atoms with Gasteiger partial charge in [0.05, 0.1) is 13.5 Å². The molecule has 1 aromatic rings. The number of carbonyl (C=O) groups excluding carboxylic acids is 2. The summed E-state index contributed by atoms with van der Waals surface area (Å²) in [5.41, 5.74) is 3.03. The molecule has 1 heterocycles. The van der Waals surface area contributed by atoms with E-state index in [1.807, 2.05) is 12.1 Å². The lowest BCUT2D eigenvalue weighted by atomic mass is 10.1. The van der Waals surface area contributed by atoms with Crippen molar-refractivity contribution in [2.75, 3.05) is 13.7 Å². The van der Waals surface area contributed by atoms with Gasteiger partial charge in [0.1, 0.15) is 0 Å². The summed E-state index contributed by atoms with van der Waals surface area (Å²) in [5.74, 6) is -0.484. The van der Waals surface area contributed by atoms with E-state index in [0.717, 1.165) is 18.7 Å². The minimum Gasteiger partial charge on any atom is -0.469 e. The van der Waals surface area contributed by atoms with Crippen molar-refractivity contribution >= 4 is 11.9 Å². The first-order chi connectivity index (χ1) is 8.70. The summed E-state index contributed by atoms with van der Waals surface area (Å²) >= 11 is 0. The Balaban J connectivity index is 1.91. The van der Waals surface area contributed by atoms with Crippen LogP contribution in [0.5, 0.6) is 0 Å². The molecule has 1 aliphatic rings. The number of benzene rings is 1. The molecule has 0 bridgehead atoms. The summed E-state index contributed by atoms with van der Waals surface area (Å²) in [6.45, 7) is 1.96. The molecule has 96 valence electrons. The number of amides is 1. The van der Waals surface area contributed by atoms with Gasteiger partial charge < -0.3 is 15.4 Å². The number of hydrogen-bond donors (Lipinski definition) is 2. The third-order valence-corrected chi connectivity index (χ3v) is 2.94. The molecule has 0 spiro atoms. The highest BCUT2D eigenvalue weighted by Gasteiger charge is 2.13. The van der Waals surface area contributed by atoms with Crippen LogP contribution >= 0.6 is 0 Å². The second kappa shape index (κ2) is 5.64. The fraction of sp³-hybridized carbons (Fsp3) is 0.385. The van der Waals surface area contributed by atoms with Crippen LogP contribution in [0.15, 0.2) is 18.2 Å². The summed E-state index contributed by atoms with van der Waals surface area (Å²) < 4.78 is 4.50. The Bertz CT molecular complexity index is 471. The summed E-state index contributed by atoms with van der Waals surface area (Å²) in [6, 6.07) is 5.66.